The number of benzene rings is 1. The second-order valence-corrected chi connectivity index (χ2v) is 5.55. The largest absolute Gasteiger partial charge is 0.383 e. The zero-order chi connectivity index (χ0) is 15.1. The van der Waals surface area contributed by atoms with E-state index in [2.05, 4.69) is 24.1 Å². The summed E-state index contributed by atoms with van der Waals surface area (Å²) in [6, 6.07) is 5.13. The molecule has 1 N–H and O–H groups in total. The van der Waals surface area contributed by atoms with Crippen molar-refractivity contribution in [1.29, 1.82) is 0 Å². The first kappa shape index (κ1) is 16.9. The summed E-state index contributed by atoms with van der Waals surface area (Å²) in [6.45, 7) is 8.82. The molecule has 0 aliphatic rings. The predicted octanol–water partition coefficient (Wildman–Crippen LogP) is 3.21. The first-order valence-electron chi connectivity index (χ1n) is 7.20. The molecule has 3 nitrogen and oxygen atoms in total. The van der Waals surface area contributed by atoms with Gasteiger partial charge in [-0.15, -0.1) is 0 Å². The normalized spacial score (nSPS) is 12.8. The van der Waals surface area contributed by atoms with Crippen LogP contribution in [-0.4, -0.2) is 33.9 Å². The third-order valence-corrected chi connectivity index (χ3v) is 3.38. The molecule has 0 heterocycles. The molecule has 0 aliphatic heterocycles. The van der Waals surface area contributed by atoms with Gasteiger partial charge in [0.1, 0.15) is 5.82 Å². The Hall–Kier alpha value is -1.13. The molecule has 0 saturated heterocycles. The first-order chi connectivity index (χ1) is 9.49. The van der Waals surface area contributed by atoms with Gasteiger partial charge in [-0.05, 0) is 43.7 Å². The number of halogens is 1. The van der Waals surface area contributed by atoms with Crippen molar-refractivity contribution in [3.05, 3.63) is 29.6 Å². The quantitative estimate of drug-likeness (QED) is 0.792. The maximum atomic E-state index is 13.6. The highest BCUT2D eigenvalue weighted by Crippen LogP contribution is 2.27. The maximum absolute atomic E-state index is 13.6. The highest BCUT2D eigenvalue weighted by atomic mass is 19.1. The van der Waals surface area contributed by atoms with Crippen LogP contribution >= 0.6 is 0 Å². The molecule has 1 unspecified atom stereocenters. The zero-order valence-corrected chi connectivity index (χ0v) is 13.2. The second-order valence-electron chi connectivity index (χ2n) is 5.55. The minimum atomic E-state index is -0.193. The van der Waals surface area contributed by atoms with Gasteiger partial charge < -0.3 is 15.0 Å². The molecule has 114 valence electrons. The Morgan fingerprint density at radius 3 is 2.55 bits per heavy atom. The van der Waals surface area contributed by atoms with Gasteiger partial charge in [0.25, 0.3) is 0 Å². The molecule has 1 rings (SSSR count). The fourth-order valence-corrected chi connectivity index (χ4v) is 2.27. The average Bonchev–Trinajstić information content (AvgIpc) is 2.42. The van der Waals surface area contributed by atoms with Crippen molar-refractivity contribution in [1.82, 2.24) is 5.32 Å². The molecule has 1 aromatic carbocycles. The number of anilines is 1. The van der Waals surface area contributed by atoms with Crippen molar-refractivity contribution in [3.8, 4) is 0 Å². The topological polar surface area (TPSA) is 24.5 Å². The van der Waals surface area contributed by atoms with E-state index in [0.29, 0.717) is 12.5 Å². The highest BCUT2D eigenvalue weighted by Gasteiger charge is 2.16. The van der Waals surface area contributed by atoms with Crippen LogP contribution in [0.4, 0.5) is 10.1 Å². The SMILES string of the molecule is CNC(C)c1cc(F)ccc1N(CCOC)CC(C)C. The number of nitrogens with one attached hydrogen (secondary N) is 1. The Kier molecular flexibility index (Phi) is 6.96. The van der Waals surface area contributed by atoms with E-state index in [1.165, 1.54) is 6.07 Å². The van der Waals surface area contributed by atoms with Gasteiger partial charge in [-0.1, -0.05) is 13.8 Å². The summed E-state index contributed by atoms with van der Waals surface area (Å²) in [5, 5.41) is 3.19. The van der Waals surface area contributed by atoms with Crippen LogP contribution in [0, 0.1) is 11.7 Å². The molecule has 4 heteroatoms. The average molecular weight is 282 g/mol. The van der Waals surface area contributed by atoms with Gasteiger partial charge in [0.15, 0.2) is 0 Å². The van der Waals surface area contributed by atoms with Gasteiger partial charge in [0, 0.05) is 31.9 Å². The fraction of sp³-hybridized carbons (Fsp3) is 0.625. The lowest BCUT2D eigenvalue weighted by molar-refractivity contribution is 0.204. The molecule has 0 bridgehead atoms. The van der Waals surface area contributed by atoms with Gasteiger partial charge in [-0.3, -0.25) is 0 Å². The summed E-state index contributed by atoms with van der Waals surface area (Å²) in [5.41, 5.74) is 2.07. The molecule has 0 aromatic heterocycles. The number of hydrogen-bond donors (Lipinski definition) is 1. The van der Waals surface area contributed by atoms with E-state index in [1.807, 2.05) is 20.0 Å². The van der Waals surface area contributed by atoms with Crippen LogP contribution in [0.5, 0.6) is 0 Å². The molecule has 0 saturated carbocycles. The Labute approximate surface area is 122 Å². The van der Waals surface area contributed by atoms with Crippen molar-refractivity contribution < 1.29 is 9.13 Å². The number of hydrogen-bond acceptors (Lipinski definition) is 3. The molecule has 0 aliphatic carbocycles. The van der Waals surface area contributed by atoms with E-state index in [4.69, 9.17) is 4.74 Å². The van der Waals surface area contributed by atoms with Crippen molar-refractivity contribution in [2.24, 2.45) is 5.92 Å². The smallest absolute Gasteiger partial charge is 0.123 e. The molecule has 1 atom stereocenters. The van der Waals surface area contributed by atoms with Gasteiger partial charge in [0.2, 0.25) is 0 Å². The van der Waals surface area contributed by atoms with Crippen molar-refractivity contribution >= 4 is 5.69 Å². The standard InChI is InChI=1S/C16H27FN2O/c1-12(2)11-19(8-9-20-5)16-7-6-14(17)10-15(16)13(3)18-4/h6-7,10,12-13,18H,8-9,11H2,1-5H3. The Bertz CT molecular complexity index is 409. The van der Waals surface area contributed by atoms with Crippen LogP contribution < -0.4 is 10.2 Å². The van der Waals surface area contributed by atoms with Crippen LogP contribution in [0.25, 0.3) is 0 Å². The van der Waals surface area contributed by atoms with E-state index in [1.54, 1.807) is 13.2 Å². The Balaban J connectivity index is 3.09. The molecular weight excluding hydrogens is 255 g/mol. The van der Waals surface area contributed by atoms with Crippen LogP contribution in [0.1, 0.15) is 32.4 Å². The minimum absolute atomic E-state index is 0.109. The van der Waals surface area contributed by atoms with Crippen LogP contribution in [0.3, 0.4) is 0 Å². The molecule has 1 aromatic rings. The number of ether oxygens (including phenoxy) is 1. The summed E-state index contributed by atoms with van der Waals surface area (Å²) in [6.07, 6.45) is 0. The van der Waals surface area contributed by atoms with Crippen molar-refractivity contribution in [2.45, 2.75) is 26.8 Å². The Morgan fingerprint density at radius 1 is 1.30 bits per heavy atom. The molecule has 20 heavy (non-hydrogen) atoms. The summed E-state index contributed by atoms with van der Waals surface area (Å²) in [5.74, 6) is 0.344. The van der Waals surface area contributed by atoms with Crippen molar-refractivity contribution in [2.75, 3.05) is 38.8 Å². The van der Waals surface area contributed by atoms with E-state index in [9.17, 15) is 4.39 Å². The van der Waals surface area contributed by atoms with E-state index >= 15 is 0 Å². The number of methoxy groups -OCH3 is 1. The Morgan fingerprint density at radius 2 is 2.00 bits per heavy atom. The molecule has 0 amide bonds. The van der Waals surface area contributed by atoms with Gasteiger partial charge in [-0.2, -0.15) is 0 Å². The summed E-state index contributed by atoms with van der Waals surface area (Å²) in [4.78, 5) is 2.27. The predicted molar refractivity (Wildman–Crippen MR) is 82.8 cm³/mol. The lowest BCUT2D eigenvalue weighted by atomic mass is 10.0. The van der Waals surface area contributed by atoms with E-state index < -0.39 is 0 Å². The van der Waals surface area contributed by atoms with Crippen LogP contribution in [0.2, 0.25) is 0 Å². The van der Waals surface area contributed by atoms with Crippen LogP contribution in [0.15, 0.2) is 18.2 Å². The fourth-order valence-electron chi connectivity index (χ4n) is 2.27. The number of rotatable bonds is 8. The van der Waals surface area contributed by atoms with Gasteiger partial charge in [0.05, 0.1) is 6.61 Å². The monoisotopic (exact) mass is 282 g/mol. The van der Waals surface area contributed by atoms with Crippen molar-refractivity contribution in [3.63, 3.8) is 0 Å². The summed E-state index contributed by atoms with van der Waals surface area (Å²) < 4.78 is 18.7. The molecule has 0 fully saturated rings. The van der Waals surface area contributed by atoms with E-state index in [0.717, 1.165) is 24.3 Å². The lowest BCUT2D eigenvalue weighted by Crippen LogP contribution is -2.32. The van der Waals surface area contributed by atoms with Gasteiger partial charge in [-0.25, -0.2) is 4.39 Å². The van der Waals surface area contributed by atoms with E-state index in [-0.39, 0.29) is 11.9 Å². The molecular formula is C16H27FN2O. The lowest BCUT2D eigenvalue weighted by Gasteiger charge is -2.30. The number of nitrogens with zero attached hydrogens (tertiary/aromatic N) is 1. The summed E-state index contributed by atoms with van der Waals surface area (Å²) >= 11 is 0. The summed E-state index contributed by atoms with van der Waals surface area (Å²) in [7, 11) is 3.59. The first-order valence-corrected chi connectivity index (χ1v) is 7.20. The molecule has 0 radical (unpaired) electrons. The highest BCUT2D eigenvalue weighted by molar-refractivity contribution is 5.55. The second kappa shape index (κ2) is 8.22. The third kappa shape index (κ3) is 4.76. The molecule has 0 spiro atoms. The van der Waals surface area contributed by atoms with Gasteiger partial charge >= 0.3 is 0 Å². The minimum Gasteiger partial charge on any atom is -0.383 e. The third-order valence-electron chi connectivity index (χ3n) is 3.38. The maximum Gasteiger partial charge on any atom is 0.123 e. The van der Waals surface area contributed by atoms with Crippen LogP contribution in [-0.2, 0) is 4.74 Å². The zero-order valence-electron chi connectivity index (χ0n) is 13.2.